The van der Waals surface area contributed by atoms with E-state index in [1.807, 2.05) is 18.2 Å². The fourth-order valence-corrected chi connectivity index (χ4v) is 5.04. The van der Waals surface area contributed by atoms with Crippen molar-refractivity contribution < 1.29 is 17.6 Å². The standard InChI is InChI=1S/C19H16ClNO4S/c20-14-5-7-15(8-6-14)26(23,24)16-9-10-21(12-16)19(22)18-11-13-3-1-2-4-17(13)25-18/h1-8,11,16H,9-10,12H2. The highest BCUT2D eigenvalue weighted by Crippen LogP contribution is 2.27. The number of carbonyl (C=O) groups is 1. The third-order valence-electron chi connectivity index (χ3n) is 4.65. The van der Waals surface area contributed by atoms with Gasteiger partial charge in [0, 0.05) is 23.5 Å². The Balaban J connectivity index is 1.54. The summed E-state index contributed by atoms with van der Waals surface area (Å²) in [5.74, 6) is -0.0502. The van der Waals surface area contributed by atoms with Gasteiger partial charge in [-0.3, -0.25) is 4.79 Å². The number of para-hydroxylation sites is 1. The van der Waals surface area contributed by atoms with E-state index in [2.05, 4.69) is 0 Å². The Morgan fingerprint density at radius 2 is 1.85 bits per heavy atom. The predicted molar refractivity (Wildman–Crippen MR) is 99.2 cm³/mol. The molecule has 1 amide bonds. The maximum Gasteiger partial charge on any atom is 0.289 e. The Kier molecular flexibility index (Phi) is 4.25. The minimum Gasteiger partial charge on any atom is -0.451 e. The first-order valence-corrected chi connectivity index (χ1v) is 10.1. The van der Waals surface area contributed by atoms with E-state index >= 15 is 0 Å². The first-order chi connectivity index (χ1) is 12.4. The third-order valence-corrected chi connectivity index (χ3v) is 7.09. The third kappa shape index (κ3) is 2.99. The highest BCUT2D eigenvalue weighted by Gasteiger charge is 2.37. The lowest BCUT2D eigenvalue weighted by Gasteiger charge is -2.15. The molecule has 3 aromatic rings. The van der Waals surface area contributed by atoms with Crippen LogP contribution in [-0.4, -0.2) is 37.6 Å². The summed E-state index contributed by atoms with van der Waals surface area (Å²) in [6.45, 7) is 0.536. The number of carbonyl (C=O) groups excluding carboxylic acids is 1. The molecule has 4 rings (SSSR count). The minimum atomic E-state index is -3.51. The largest absolute Gasteiger partial charge is 0.451 e. The summed E-state index contributed by atoms with van der Waals surface area (Å²) in [5.41, 5.74) is 0.639. The second-order valence-corrected chi connectivity index (χ2v) is 8.97. The summed E-state index contributed by atoms with van der Waals surface area (Å²) in [7, 11) is -3.51. The van der Waals surface area contributed by atoms with Crippen LogP contribution >= 0.6 is 11.6 Å². The fraction of sp³-hybridized carbons (Fsp3) is 0.211. The van der Waals surface area contributed by atoms with E-state index in [9.17, 15) is 13.2 Å². The number of nitrogens with zero attached hydrogens (tertiary/aromatic N) is 1. The summed E-state index contributed by atoms with van der Waals surface area (Å²) in [4.78, 5) is 14.5. The molecule has 0 aliphatic carbocycles. The molecule has 1 fully saturated rings. The van der Waals surface area contributed by atoms with Crippen molar-refractivity contribution in [1.29, 1.82) is 0 Å². The quantitative estimate of drug-likeness (QED) is 0.683. The smallest absolute Gasteiger partial charge is 0.289 e. The van der Waals surface area contributed by atoms with Crippen molar-refractivity contribution in [3.05, 3.63) is 65.4 Å². The highest BCUT2D eigenvalue weighted by molar-refractivity contribution is 7.92. The summed E-state index contributed by atoms with van der Waals surface area (Å²) >= 11 is 5.83. The molecule has 134 valence electrons. The van der Waals surface area contributed by atoms with E-state index in [4.69, 9.17) is 16.0 Å². The molecular formula is C19H16ClNO4S. The SMILES string of the molecule is O=C(c1cc2ccccc2o1)N1CCC(S(=O)(=O)c2ccc(Cl)cc2)C1. The van der Waals surface area contributed by atoms with E-state index < -0.39 is 15.1 Å². The van der Waals surface area contributed by atoms with Gasteiger partial charge in [0.15, 0.2) is 15.6 Å². The van der Waals surface area contributed by atoms with Crippen molar-refractivity contribution in [3.63, 3.8) is 0 Å². The van der Waals surface area contributed by atoms with Gasteiger partial charge in [-0.2, -0.15) is 0 Å². The van der Waals surface area contributed by atoms with Crippen LogP contribution in [-0.2, 0) is 9.84 Å². The maximum absolute atomic E-state index is 12.8. The van der Waals surface area contributed by atoms with Crippen LogP contribution in [0.2, 0.25) is 5.02 Å². The van der Waals surface area contributed by atoms with Crippen molar-refractivity contribution in [2.45, 2.75) is 16.6 Å². The summed E-state index contributed by atoms with van der Waals surface area (Å²) in [5, 5.41) is 0.703. The summed E-state index contributed by atoms with van der Waals surface area (Å²) < 4.78 is 31.2. The Bertz CT molecular complexity index is 1040. The summed E-state index contributed by atoms with van der Waals surface area (Å²) in [6.07, 6.45) is 0.400. The lowest BCUT2D eigenvalue weighted by molar-refractivity contribution is 0.0764. The van der Waals surface area contributed by atoms with Crippen LogP contribution in [0.25, 0.3) is 11.0 Å². The second kappa shape index (κ2) is 6.45. The zero-order chi connectivity index (χ0) is 18.3. The Morgan fingerprint density at radius 3 is 2.58 bits per heavy atom. The van der Waals surface area contributed by atoms with Crippen LogP contribution in [0.3, 0.4) is 0 Å². The first-order valence-electron chi connectivity index (χ1n) is 8.22. The highest BCUT2D eigenvalue weighted by atomic mass is 35.5. The van der Waals surface area contributed by atoms with Crippen LogP contribution in [0, 0.1) is 0 Å². The molecule has 1 saturated heterocycles. The van der Waals surface area contributed by atoms with Gasteiger partial charge in [-0.05, 0) is 42.8 Å². The Morgan fingerprint density at radius 1 is 1.12 bits per heavy atom. The first kappa shape index (κ1) is 17.1. The molecule has 0 saturated carbocycles. The number of fused-ring (bicyclic) bond motifs is 1. The molecule has 7 heteroatoms. The maximum atomic E-state index is 12.8. The van der Waals surface area contributed by atoms with Gasteiger partial charge in [-0.1, -0.05) is 29.8 Å². The van der Waals surface area contributed by atoms with Gasteiger partial charge in [0.25, 0.3) is 5.91 Å². The predicted octanol–water partition coefficient (Wildman–Crippen LogP) is 3.77. The van der Waals surface area contributed by atoms with Crippen molar-refractivity contribution in [3.8, 4) is 0 Å². The molecule has 0 bridgehead atoms. The van der Waals surface area contributed by atoms with Gasteiger partial charge >= 0.3 is 0 Å². The number of likely N-dealkylation sites (tertiary alicyclic amines) is 1. The lowest BCUT2D eigenvalue weighted by Crippen LogP contribution is -2.31. The number of amides is 1. The van der Waals surface area contributed by atoms with E-state index in [-0.39, 0.29) is 23.1 Å². The Labute approximate surface area is 156 Å². The second-order valence-electron chi connectivity index (χ2n) is 6.31. The molecule has 2 aromatic carbocycles. The number of hydrogen-bond acceptors (Lipinski definition) is 4. The van der Waals surface area contributed by atoms with Crippen LogP contribution in [0.5, 0.6) is 0 Å². The van der Waals surface area contributed by atoms with E-state index in [1.54, 1.807) is 24.3 Å². The van der Waals surface area contributed by atoms with Crippen LogP contribution in [0.4, 0.5) is 0 Å². The molecule has 1 atom stereocenters. The molecule has 26 heavy (non-hydrogen) atoms. The molecular weight excluding hydrogens is 374 g/mol. The zero-order valence-corrected chi connectivity index (χ0v) is 15.3. The van der Waals surface area contributed by atoms with Crippen LogP contribution in [0.15, 0.2) is 63.9 Å². The average Bonchev–Trinajstić information content (AvgIpc) is 3.29. The van der Waals surface area contributed by atoms with Crippen molar-refractivity contribution in [1.82, 2.24) is 4.90 Å². The van der Waals surface area contributed by atoms with E-state index in [1.165, 1.54) is 17.0 Å². The molecule has 1 aliphatic heterocycles. The lowest BCUT2D eigenvalue weighted by atomic mass is 10.2. The summed E-state index contributed by atoms with van der Waals surface area (Å²) in [6, 6.07) is 15.2. The van der Waals surface area contributed by atoms with Crippen molar-refractivity contribution in [2.75, 3.05) is 13.1 Å². The monoisotopic (exact) mass is 389 g/mol. The molecule has 5 nitrogen and oxygen atoms in total. The van der Waals surface area contributed by atoms with Gasteiger partial charge in [-0.25, -0.2) is 8.42 Å². The van der Waals surface area contributed by atoms with Crippen LogP contribution in [0.1, 0.15) is 17.0 Å². The number of hydrogen-bond donors (Lipinski definition) is 0. The van der Waals surface area contributed by atoms with Gasteiger partial charge in [0.1, 0.15) is 5.58 Å². The molecule has 1 aromatic heterocycles. The fourth-order valence-electron chi connectivity index (χ4n) is 3.23. The van der Waals surface area contributed by atoms with Crippen LogP contribution < -0.4 is 0 Å². The molecule has 0 radical (unpaired) electrons. The minimum absolute atomic E-state index is 0.154. The molecule has 0 N–H and O–H groups in total. The number of benzene rings is 2. The molecule has 1 aliphatic rings. The zero-order valence-electron chi connectivity index (χ0n) is 13.8. The van der Waals surface area contributed by atoms with E-state index in [0.29, 0.717) is 23.6 Å². The molecule has 1 unspecified atom stereocenters. The number of furan rings is 1. The van der Waals surface area contributed by atoms with Gasteiger partial charge in [0.05, 0.1) is 10.1 Å². The van der Waals surface area contributed by atoms with Gasteiger partial charge < -0.3 is 9.32 Å². The number of sulfone groups is 1. The van der Waals surface area contributed by atoms with Gasteiger partial charge in [0.2, 0.25) is 0 Å². The number of halogens is 1. The van der Waals surface area contributed by atoms with Crippen molar-refractivity contribution in [2.24, 2.45) is 0 Å². The molecule has 0 spiro atoms. The Hall–Kier alpha value is -2.31. The molecule has 2 heterocycles. The number of rotatable bonds is 3. The normalized spacial score (nSPS) is 17.7. The average molecular weight is 390 g/mol. The van der Waals surface area contributed by atoms with E-state index in [0.717, 1.165) is 5.39 Å². The van der Waals surface area contributed by atoms with Crippen molar-refractivity contribution >= 4 is 38.3 Å². The van der Waals surface area contributed by atoms with Gasteiger partial charge in [-0.15, -0.1) is 0 Å². The topological polar surface area (TPSA) is 67.6 Å².